The molecule has 3 nitrogen and oxygen atoms in total. The van der Waals surface area contributed by atoms with Crippen LogP contribution in [0.4, 0.5) is 0 Å². The Morgan fingerprint density at radius 3 is 2.77 bits per heavy atom. The molecule has 1 aromatic carbocycles. The largest absolute Gasteiger partial charge is 0.508 e. The van der Waals surface area contributed by atoms with Crippen LogP contribution in [0.1, 0.15) is 49.0 Å². The van der Waals surface area contributed by atoms with Crippen molar-refractivity contribution in [3.8, 4) is 5.75 Å². The fourth-order valence-electron chi connectivity index (χ4n) is 4.40. The zero-order valence-corrected chi connectivity index (χ0v) is 14.0. The second kappa shape index (κ2) is 5.24. The Morgan fingerprint density at radius 2 is 2.09 bits per heavy atom. The molecule has 4 rings (SSSR count). The highest BCUT2D eigenvalue weighted by Crippen LogP contribution is 2.49. The average Bonchev–Trinajstić information content (AvgIpc) is 3.25. The lowest BCUT2D eigenvalue weighted by molar-refractivity contribution is 0.0265. The zero-order chi connectivity index (χ0) is 14.8. The lowest BCUT2D eigenvalue weighted by atomic mass is 9.58. The molecular formula is C18H24ClNO2. The number of hydrogen-bond acceptors (Lipinski definition) is 3. The highest BCUT2D eigenvalue weighted by Gasteiger charge is 2.52. The number of phenolic OH excluding ortho intramolecular Hbond substituents is 1. The summed E-state index contributed by atoms with van der Waals surface area (Å²) in [4.78, 5) is 15.4. The molecule has 1 saturated heterocycles. The van der Waals surface area contributed by atoms with Gasteiger partial charge in [-0.25, -0.2) is 0 Å². The van der Waals surface area contributed by atoms with Gasteiger partial charge in [-0.1, -0.05) is 13.8 Å². The van der Waals surface area contributed by atoms with Gasteiger partial charge >= 0.3 is 0 Å². The molecule has 22 heavy (non-hydrogen) atoms. The summed E-state index contributed by atoms with van der Waals surface area (Å²) in [5, 5.41) is 9.83. The third-order valence-electron chi connectivity index (χ3n) is 6.13. The minimum absolute atomic E-state index is 0. The first-order valence-electron chi connectivity index (χ1n) is 8.12. The van der Waals surface area contributed by atoms with Crippen LogP contribution in [0.2, 0.25) is 0 Å². The summed E-state index contributed by atoms with van der Waals surface area (Å²) in [6, 6.07) is 5.32. The summed E-state index contributed by atoms with van der Waals surface area (Å²) in [5.41, 5.74) is 1.90. The van der Waals surface area contributed by atoms with Crippen LogP contribution in [0.5, 0.6) is 5.75 Å². The molecule has 1 aliphatic heterocycles. The Kier molecular flexibility index (Phi) is 3.77. The van der Waals surface area contributed by atoms with Crippen LogP contribution < -0.4 is 0 Å². The third-order valence-corrected chi connectivity index (χ3v) is 6.13. The van der Waals surface area contributed by atoms with E-state index in [-0.39, 0.29) is 35.4 Å². The highest BCUT2D eigenvalue weighted by molar-refractivity contribution is 6.03. The second-order valence-corrected chi connectivity index (χ2v) is 7.43. The summed E-state index contributed by atoms with van der Waals surface area (Å²) in [6.07, 6.45) is 3.72. The van der Waals surface area contributed by atoms with Crippen molar-refractivity contribution in [3.05, 3.63) is 29.3 Å². The zero-order valence-electron chi connectivity index (χ0n) is 13.2. The molecule has 3 aliphatic rings. The summed E-state index contributed by atoms with van der Waals surface area (Å²) < 4.78 is 0. The molecule has 1 N–H and O–H groups in total. The fourth-order valence-corrected chi connectivity index (χ4v) is 4.40. The van der Waals surface area contributed by atoms with E-state index in [0.29, 0.717) is 5.92 Å². The number of carbonyl (C=O) groups is 1. The van der Waals surface area contributed by atoms with E-state index in [0.717, 1.165) is 36.6 Å². The van der Waals surface area contributed by atoms with E-state index < -0.39 is 0 Å². The van der Waals surface area contributed by atoms with Gasteiger partial charge in [0.05, 0.1) is 6.04 Å². The Morgan fingerprint density at radius 1 is 1.36 bits per heavy atom. The third kappa shape index (κ3) is 2.17. The van der Waals surface area contributed by atoms with Crippen molar-refractivity contribution >= 4 is 18.2 Å². The van der Waals surface area contributed by atoms with Gasteiger partial charge in [0, 0.05) is 12.1 Å². The van der Waals surface area contributed by atoms with Crippen molar-refractivity contribution in [2.45, 2.75) is 44.6 Å². The molecule has 0 radical (unpaired) electrons. The van der Waals surface area contributed by atoms with Gasteiger partial charge in [0.15, 0.2) is 5.78 Å². The second-order valence-electron chi connectivity index (χ2n) is 7.43. The molecule has 1 heterocycles. The van der Waals surface area contributed by atoms with Crippen LogP contribution in [-0.4, -0.2) is 34.9 Å². The highest BCUT2D eigenvalue weighted by atomic mass is 35.5. The Labute approximate surface area is 138 Å². The molecule has 1 saturated carbocycles. The number of likely N-dealkylation sites (tertiary alicyclic amines) is 1. The summed E-state index contributed by atoms with van der Waals surface area (Å²) in [7, 11) is 0. The fraction of sp³-hybridized carbons (Fsp3) is 0.611. The number of phenols is 1. The molecule has 3 atom stereocenters. The minimum atomic E-state index is 0. The van der Waals surface area contributed by atoms with Gasteiger partial charge in [0.25, 0.3) is 0 Å². The van der Waals surface area contributed by atoms with Gasteiger partial charge < -0.3 is 5.11 Å². The summed E-state index contributed by atoms with van der Waals surface area (Å²) >= 11 is 0. The number of Topliss-reactive ketones (excluding diaryl/α,β-unsaturated/α-hetero) is 1. The maximum Gasteiger partial charge on any atom is 0.180 e. The first kappa shape index (κ1) is 15.8. The molecule has 1 aromatic rings. The van der Waals surface area contributed by atoms with Crippen molar-refractivity contribution in [1.82, 2.24) is 4.90 Å². The minimum Gasteiger partial charge on any atom is -0.508 e. The van der Waals surface area contributed by atoms with E-state index in [1.807, 2.05) is 12.1 Å². The van der Waals surface area contributed by atoms with E-state index in [1.54, 1.807) is 6.07 Å². The number of aromatic hydroxyl groups is 1. The van der Waals surface area contributed by atoms with Gasteiger partial charge in [-0.2, -0.15) is 0 Å². The van der Waals surface area contributed by atoms with Crippen molar-refractivity contribution in [3.63, 3.8) is 0 Å². The number of ketones is 1. The molecule has 120 valence electrons. The monoisotopic (exact) mass is 321 g/mol. The molecule has 4 heteroatoms. The van der Waals surface area contributed by atoms with Crippen molar-refractivity contribution < 1.29 is 9.90 Å². The maximum absolute atomic E-state index is 13.0. The van der Waals surface area contributed by atoms with E-state index in [9.17, 15) is 9.90 Å². The van der Waals surface area contributed by atoms with Gasteiger partial charge in [0.1, 0.15) is 5.75 Å². The SMILES string of the molecule is C[C@H]1[C@H]2C(=O)c3ccc(O)cc3[C@]1(C)CCN2CC1CC1.Cl. The Bertz CT molecular complexity index is 613. The average molecular weight is 322 g/mol. The summed E-state index contributed by atoms with van der Waals surface area (Å²) in [5.74, 6) is 1.66. The van der Waals surface area contributed by atoms with E-state index in [1.165, 1.54) is 12.8 Å². The number of piperidine rings is 1. The molecular weight excluding hydrogens is 298 g/mol. The van der Waals surface area contributed by atoms with Crippen molar-refractivity contribution in [1.29, 1.82) is 0 Å². The summed E-state index contributed by atoms with van der Waals surface area (Å²) in [6.45, 7) is 6.57. The first-order chi connectivity index (χ1) is 10.0. The molecule has 0 amide bonds. The predicted molar refractivity (Wildman–Crippen MR) is 88.9 cm³/mol. The standard InChI is InChI=1S/C18H23NO2.ClH/c1-11-16-17(21)14-6-5-13(20)9-15(14)18(11,2)7-8-19(16)10-12-3-4-12;/h5-6,9,11-12,16,20H,3-4,7-8,10H2,1-2H3;1H/t11-,16-,18+;/m0./s1. The maximum atomic E-state index is 13.0. The molecule has 0 unspecified atom stereocenters. The van der Waals surface area contributed by atoms with Crippen LogP contribution in [0, 0.1) is 11.8 Å². The Balaban J connectivity index is 0.00000144. The lowest BCUT2D eigenvalue weighted by Crippen LogP contribution is -2.61. The van der Waals surface area contributed by atoms with Crippen LogP contribution in [-0.2, 0) is 5.41 Å². The molecule has 2 bridgehead atoms. The molecule has 2 fully saturated rings. The van der Waals surface area contributed by atoms with Crippen LogP contribution >= 0.6 is 12.4 Å². The van der Waals surface area contributed by atoms with E-state index >= 15 is 0 Å². The number of rotatable bonds is 2. The molecule has 2 aliphatic carbocycles. The molecule has 0 aromatic heterocycles. The lowest BCUT2D eigenvalue weighted by Gasteiger charge is -2.53. The molecule has 0 spiro atoms. The van der Waals surface area contributed by atoms with Gasteiger partial charge in [-0.3, -0.25) is 9.69 Å². The first-order valence-corrected chi connectivity index (χ1v) is 8.12. The van der Waals surface area contributed by atoms with E-state index in [4.69, 9.17) is 0 Å². The topological polar surface area (TPSA) is 40.5 Å². The number of halogens is 1. The van der Waals surface area contributed by atoms with Crippen LogP contribution in [0.25, 0.3) is 0 Å². The number of benzene rings is 1. The van der Waals surface area contributed by atoms with Crippen LogP contribution in [0.15, 0.2) is 18.2 Å². The van der Waals surface area contributed by atoms with Gasteiger partial charge in [-0.15, -0.1) is 12.4 Å². The Hall–Kier alpha value is -1.06. The predicted octanol–water partition coefficient (Wildman–Crippen LogP) is 3.39. The number of fused-ring (bicyclic) bond motifs is 4. The van der Waals surface area contributed by atoms with Gasteiger partial charge in [-0.05, 0) is 66.8 Å². The van der Waals surface area contributed by atoms with E-state index in [2.05, 4.69) is 18.7 Å². The number of carbonyl (C=O) groups excluding carboxylic acids is 1. The van der Waals surface area contributed by atoms with Crippen molar-refractivity contribution in [2.24, 2.45) is 11.8 Å². The number of hydrogen-bond donors (Lipinski definition) is 1. The quantitative estimate of drug-likeness (QED) is 0.907. The number of nitrogens with zero attached hydrogens (tertiary/aromatic N) is 1. The van der Waals surface area contributed by atoms with Crippen LogP contribution in [0.3, 0.4) is 0 Å². The smallest absolute Gasteiger partial charge is 0.180 e. The normalized spacial score (nSPS) is 34.0. The van der Waals surface area contributed by atoms with Crippen molar-refractivity contribution in [2.75, 3.05) is 13.1 Å². The van der Waals surface area contributed by atoms with Gasteiger partial charge in [0.2, 0.25) is 0 Å².